The molecule has 3 aliphatic rings. The third kappa shape index (κ3) is 2.13. The summed E-state index contributed by atoms with van der Waals surface area (Å²) >= 11 is 0. The summed E-state index contributed by atoms with van der Waals surface area (Å²) in [5.74, 6) is 0.217. The van der Waals surface area contributed by atoms with E-state index in [9.17, 15) is 4.79 Å². The van der Waals surface area contributed by atoms with Gasteiger partial charge < -0.3 is 9.64 Å². The molecular formula is C23H23NO2. The van der Waals surface area contributed by atoms with Gasteiger partial charge in [-0.3, -0.25) is 4.79 Å². The van der Waals surface area contributed by atoms with E-state index in [0.29, 0.717) is 13.0 Å². The fourth-order valence-corrected chi connectivity index (χ4v) is 4.88. The lowest BCUT2D eigenvalue weighted by Gasteiger charge is -2.34. The topological polar surface area (TPSA) is 29.5 Å². The van der Waals surface area contributed by atoms with E-state index in [2.05, 4.69) is 67.6 Å². The van der Waals surface area contributed by atoms with Gasteiger partial charge >= 0.3 is 0 Å². The first kappa shape index (κ1) is 15.8. The summed E-state index contributed by atoms with van der Waals surface area (Å²) in [5, 5.41) is 0. The van der Waals surface area contributed by atoms with E-state index >= 15 is 0 Å². The maximum absolute atomic E-state index is 12.9. The van der Waals surface area contributed by atoms with Crippen LogP contribution in [0, 0.1) is 0 Å². The maximum Gasteiger partial charge on any atom is 0.224 e. The van der Waals surface area contributed by atoms with Crippen molar-refractivity contribution in [3.63, 3.8) is 0 Å². The molecule has 1 atom stereocenters. The van der Waals surface area contributed by atoms with Gasteiger partial charge in [-0.05, 0) is 48.4 Å². The number of rotatable bonds is 0. The van der Waals surface area contributed by atoms with Gasteiger partial charge in [0.25, 0.3) is 0 Å². The highest BCUT2D eigenvalue weighted by atomic mass is 16.6. The van der Waals surface area contributed by atoms with Gasteiger partial charge in [-0.15, -0.1) is 0 Å². The molecule has 2 saturated heterocycles. The SMILES string of the molecule is CC12CCCCC(=O)N1CC1(O2)c2ccccc2C=Cc2ccccc21. The van der Waals surface area contributed by atoms with Crippen molar-refractivity contribution in [3.05, 3.63) is 70.8 Å². The predicted molar refractivity (Wildman–Crippen MR) is 102 cm³/mol. The minimum Gasteiger partial charge on any atom is -0.338 e. The zero-order valence-electron chi connectivity index (χ0n) is 15.1. The van der Waals surface area contributed by atoms with Crippen molar-refractivity contribution in [2.24, 2.45) is 0 Å². The van der Waals surface area contributed by atoms with Crippen LogP contribution in [-0.4, -0.2) is 23.1 Å². The lowest BCUT2D eigenvalue weighted by molar-refractivity contribution is -0.152. The molecule has 2 aliphatic heterocycles. The fourth-order valence-electron chi connectivity index (χ4n) is 4.88. The molecule has 1 aliphatic carbocycles. The Morgan fingerprint density at radius 1 is 0.923 bits per heavy atom. The maximum atomic E-state index is 12.9. The van der Waals surface area contributed by atoms with E-state index in [1.807, 2.05) is 4.90 Å². The summed E-state index contributed by atoms with van der Waals surface area (Å²) in [4.78, 5) is 14.9. The molecule has 2 aromatic rings. The van der Waals surface area contributed by atoms with Gasteiger partial charge in [0.05, 0.1) is 6.54 Å². The van der Waals surface area contributed by atoms with Crippen LogP contribution in [0.1, 0.15) is 54.9 Å². The average molecular weight is 345 g/mol. The molecule has 0 saturated carbocycles. The molecule has 1 amide bonds. The summed E-state index contributed by atoms with van der Waals surface area (Å²) in [5.41, 5.74) is 3.48. The highest BCUT2D eigenvalue weighted by molar-refractivity contribution is 5.80. The number of nitrogens with zero attached hydrogens (tertiary/aromatic N) is 1. The zero-order chi connectivity index (χ0) is 17.8. The van der Waals surface area contributed by atoms with Gasteiger partial charge in [0.15, 0.2) is 0 Å². The quantitative estimate of drug-likeness (QED) is 0.700. The van der Waals surface area contributed by atoms with Gasteiger partial charge in [-0.1, -0.05) is 60.7 Å². The number of fused-ring (bicyclic) bond motifs is 5. The average Bonchev–Trinajstić information content (AvgIpc) is 2.82. The van der Waals surface area contributed by atoms with Gasteiger partial charge in [-0.25, -0.2) is 0 Å². The van der Waals surface area contributed by atoms with Gasteiger partial charge in [-0.2, -0.15) is 0 Å². The summed E-state index contributed by atoms with van der Waals surface area (Å²) in [7, 11) is 0. The van der Waals surface area contributed by atoms with E-state index in [4.69, 9.17) is 4.74 Å². The molecular weight excluding hydrogens is 322 g/mol. The van der Waals surface area contributed by atoms with Crippen LogP contribution in [0.3, 0.4) is 0 Å². The first-order valence-electron chi connectivity index (χ1n) is 9.50. The first-order valence-corrected chi connectivity index (χ1v) is 9.50. The Hall–Kier alpha value is -2.39. The lowest BCUT2D eigenvalue weighted by atomic mass is 9.83. The Morgan fingerprint density at radius 3 is 2.19 bits per heavy atom. The molecule has 0 aromatic heterocycles. The molecule has 2 aromatic carbocycles. The molecule has 1 spiro atoms. The standard InChI is InChI=1S/C23H23NO2/c1-22-15-7-6-12-21(25)24(22)16-23(26-22)19-10-4-2-8-17(19)13-14-18-9-3-5-11-20(18)23/h2-5,8-11,13-14H,6-7,12,15-16H2,1H3. The molecule has 132 valence electrons. The monoisotopic (exact) mass is 345 g/mol. The number of hydrogen-bond acceptors (Lipinski definition) is 2. The number of benzene rings is 2. The van der Waals surface area contributed by atoms with Crippen LogP contribution in [0.2, 0.25) is 0 Å². The molecule has 2 heterocycles. The summed E-state index contributed by atoms with van der Waals surface area (Å²) in [6.07, 6.45) is 7.82. The van der Waals surface area contributed by atoms with Crippen molar-refractivity contribution in [2.45, 2.75) is 43.9 Å². The number of amides is 1. The lowest BCUT2D eigenvalue weighted by Crippen LogP contribution is -2.44. The normalized spacial score (nSPS) is 26.0. The molecule has 0 bridgehead atoms. The molecule has 0 radical (unpaired) electrons. The number of carbonyl (C=O) groups excluding carboxylic acids is 1. The third-order valence-electron chi connectivity index (χ3n) is 6.16. The first-order chi connectivity index (χ1) is 12.6. The minimum absolute atomic E-state index is 0.217. The molecule has 1 unspecified atom stereocenters. The summed E-state index contributed by atoms with van der Waals surface area (Å²) < 4.78 is 6.93. The van der Waals surface area contributed by atoms with Gasteiger partial charge in [0.1, 0.15) is 11.3 Å². The van der Waals surface area contributed by atoms with Gasteiger partial charge in [0, 0.05) is 6.42 Å². The van der Waals surface area contributed by atoms with Gasteiger partial charge in [0.2, 0.25) is 5.91 Å². The van der Waals surface area contributed by atoms with Crippen LogP contribution >= 0.6 is 0 Å². The second-order valence-corrected chi connectivity index (χ2v) is 7.80. The number of ether oxygens (including phenoxy) is 1. The second-order valence-electron chi connectivity index (χ2n) is 7.80. The molecule has 5 rings (SSSR count). The minimum atomic E-state index is -0.613. The predicted octanol–water partition coefficient (Wildman–Crippen LogP) is 4.56. The fraction of sp³-hybridized carbons (Fsp3) is 0.348. The van der Waals surface area contributed by atoms with Crippen LogP contribution in [0.4, 0.5) is 0 Å². The Kier molecular flexibility index (Phi) is 3.38. The number of hydrogen-bond donors (Lipinski definition) is 0. The van der Waals surface area contributed by atoms with Crippen LogP contribution in [0.5, 0.6) is 0 Å². The van der Waals surface area contributed by atoms with Crippen molar-refractivity contribution < 1.29 is 9.53 Å². The van der Waals surface area contributed by atoms with Crippen molar-refractivity contribution >= 4 is 18.1 Å². The van der Waals surface area contributed by atoms with Crippen molar-refractivity contribution in [3.8, 4) is 0 Å². The van der Waals surface area contributed by atoms with E-state index in [0.717, 1.165) is 41.5 Å². The summed E-state index contributed by atoms with van der Waals surface area (Å²) in [6, 6.07) is 16.8. The summed E-state index contributed by atoms with van der Waals surface area (Å²) in [6.45, 7) is 2.67. The molecule has 0 N–H and O–H groups in total. The van der Waals surface area contributed by atoms with Crippen molar-refractivity contribution in [1.29, 1.82) is 0 Å². The Bertz CT molecular complexity index is 866. The van der Waals surface area contributed by atoms with Crippen LogP contribution in [-0.2, 0) is 15.1 Å². The Balaban J connectivity index is 1.76. The smallest absolute Gasteiger partial charge is 0.224 e. The highest BCUT2D eigenvalue weighted by Gasteiger charge is 2.56. The van der Waals surface area contributed by atoms with Crippen molar-refractivity contribution in [1.82, 2.24) is 4.90 Å². The molecule has 3 heteroatoms. The van der Waals surface area contributed by atoms with Crippen LogP contribution in [0.15, 0.2) is 48.5 Å². The van der Waals surface area contributed by atoms with E-state index in [-0.39, 0.29) is 5.91 Å². The number of carbonyl (C=O) groups is 1. The van der Waals surface area contributed by atoms with E-state index in [1.165, 1.54) is 0 Å². The van der Waals surface area contributed by atoms with Crippen LogP contribution < -0.4 is 0 Å². The Labute approximate surface area is 154 Å². The third-order valence-corrected chi connectivity index (χ3v) is 6.16. The van der Waals surface area contributed by atoms with Crippen LogP contribution in [0.25, 0.3) is 12.2 Å². The second kappa shape index (κ2) is 5.55. The molecule has 3 nitrogen and oxygen atoms in total. The van der Waals surface area contributed by atoms with Crippen molar-refractivity contribution in [2.75, 3.05) is 6.54 Å². The van der Waals surface area contributed by atoms with E-state index < -0.39 is 11.3 Å². The largest absolute Gasteiger partial charge is 0.338 e. The Morgan fingerprint density at radius 2 is 1.54 bits per heavy atom. The zero-order valence-corrected chi connectivity index (χ0v) is 15.1. The highest BCUT2D eigenvalue weighted by Crippen LogP contribution is 2.51. The molecule has 2 fully saturated rings. The molecule has 26 heavy (non-hydrogen) atoms. The van der Waals surface area contributed by atoms with E-state index in [1.54, 1.807) is 0 Å².